The van der Waals surface area contributed by atoms with Crippen LogP contribution in [0.5, 0.6) is 0 Å². The van der Waals surface area contributed by atoms with Crippen LogP contribution in [0.1, 0.15) is 38.3 Å². The van der Waals surface area contributed by atoms with Crippen LogP contribution < -0.4 is 0 Å². The van der Waals surface area contributed by atoms with E-state index in [0.29, 0.717) is 12.2 Å². The lowest BCUT2D eigenvalue weighted by molar-refractivity contribution is -0.232. The number of rotatable bonds is 8. The average molecular weight is 432 g/mol. The normalized spacial score (nSPS) is 17.5. The molecule has 2 atom stereocenters. The summed E-state index contributed by atoms with van der Waals surface area (Å²) < 4.78 is 47.8. The molecule has 0 fully saturated rings. The zero-order chi connectivity index (χ0) is 21.6. The highest BCUT2D eigenvalue weighted by atomic mass is 32.2. The predicted octanol–water partition coefficient (Wildman–Crippen LogP) is 5.01. The maximum atomic E-state index is 14.0. The van der Waals surface area contributed by atoms with Crippen molar-refractivity contribution in [1.29, 1.82) is 0 Å². The molecule has 1 heterocycles. The molecular weight excluding hydrogens is 405 g/mol. The lowest BCUT2D eigenvalue weighted by atomic mass is 9.97. The van der Waals surface area contributed by atoms with Gasteiger partial charge in [0.15, 0.2) is 0 Å². The van der Waals surface area contributed by atoms with E-state index in [0.717, 1.165) is 5.56 Å². The van der Waals surface area contributed by atoms with Crippen molar-refractivity contribution in [3.8, 4) is 0 Å². The Morgan fingerprint density at radius 2 is 1.83 bits per heavy atom. The summed E-state index contributed by atoms with van der Waals surface area (Å²) in [6.07, 6.45) is 3.97. The summed E-state index contributed by atoms with van der Waals surface area (Å²) in [6, 6.07) is 15.7. The fraction of sp³-hybridized carbons (Fsp3) is 0.348. The van der Waals surface area contributed by atoms with Crippen LogP contribution in [0.4, 0.5) is 4.39 Å². The van der Waals surface area contributed by atoms with E-state index in [-0.39, 0.29) is 6.42 Å². The topological polar surface area (TPSA) is 57.1 Å². The smallest absolute Gasteiger partial charge is 0.303 e. The minimum absolute atomic E-state index is 0.257. The third-order valence-corrected chi connectivity index (χ3v) is 5.89. The molecule has 0 N–H and O–H groups in total. The first-order valence-electron chi connectivity index (χ1n) is 9.68. The van der Waals surface area contributed by atoms with Crippen molar-refractivity contribution >= 4 is 17.2 Å². The van der Waals surface area contributed by atoms with Crippen LogP contribution in [0.3, 0.4) is 0 Å². The van der Waals surface area contributed by atoms with Gasteiger partial charge in [-0.3, -0.25) is 0 Å². The zero-order valence-corrected chi connectivity index (χ0v) is 18.1. The second-order valence-corrected chi connectivity index (χ2v) is 9.79. The fourth-order valence-electron chi connectivity index (χ4n) is 2.93. The van der Waals surface area contributed by atoms with Gasteiger partial charge in [-0.1, -0.05) is 42.5 Å². The Morgan fingerprint density at radius 1 is 1.13 bits per heavy atom. The monoisotopic (exact) mass is 431 g/mol. The number of benzene rings is 2. The molecule has 0 aromatic heterocycles. The summed E-state index contributed by atoms with van der Waals surface area (Å²) >= 11 is 0. The van der Waals surface area contributed by atoms with Gasteiger partial charge in [-0.05, 0) is 38.5 Å². The van der Waals surface area contributed by atoms with Crippen molar-refractivity contribution in [1.82, 2.24) is 0 Å². The van der Waals surface area contributed by atoms with E-state index in [1.54, 1.807) is 18.3 Å². The molecule has 0 aliphatic carbocycles. The standard InChI is InChI=1S/C23H26FNO4S/c1-22(2,3)30(26)25-13-12-21(27-17-18-8-5-4-6-9-18)23(28-14-15-29-23)19-10-7-11-20(24)16-19/h4-11,13-16,21H,12,17H2,1-3H3/t21?,30-/m0/s1. The largest absolute Gasteiger partial charge is 0.450 e. The molecule has 30 heavy (non-hydrogen) atoms. The first-order valence-corrected chi connectivity index (χ1v) is 10.8. The highest BCUT2D eigenvalue weighted by molar-refractivity contribution is 7.85. The molecule has 2 aromatic rings. The Labute approximate surface area is 179 Å². The molecule has 0 saturated carbocycles. The van der Waals surface area contributed by atoms with E-state index < -0.39 is 33.4 Å². The first kappa shape index (κ1) is 22.2. The number of hydrogen-bond donors (Lipinski definition) is 0. The predicted molar refractivity (Wildman–Crippen MR) is 115 cm³/mol. The van der Waals surface area contributed by atoms with E-state index in [9.17, 15) is 8.60 Å². The molecule has 1 aliphatic heterocycles. The van der Waals surface area contributed by atoms with E-state index in [2.05, 4.69) is 4.40 Å². The van der Waals surface area contributed by atoms with Crippen molar-refractivity contribution in [2.45, 2.75) is 50.4 Å². The molecule has 2 aromatic carbocycles. The van der Waals surface area contributed by atoms with Crippen LogP contribution in [0.25, 0.3) is 0 Å². The Kier molecular flexibility index (Phi) is 7.05. The average Bonchev–Trinajstić information content (AvgIpc) is 3.21. The molecule has 7 heteroatoms. The highest BCUT2D eigenvalue weighted by Crippen LogP contribution is 2.39. The summed E-state index contributed by atoms with van der Waals surface area (Å²) in [5.41, 5.74) is 1.45. The lowest BCUT2D eigenvalue weighted by Gasteiger charge is -2.35. The molecule has 5 nitrogen and oxygen atoms in total. The van der Waals surface area contributed by atoms with Crippen molar-refractivity contribution in [2.75, 3.05) is 0 Å². The van der Waals surface area contributed by atoms with Crippen molar-refractivity contribution in [3.05, 3.63) is 84.1 Å². The van der Waals surface area contributed by atoms with Gasteiger partial charge >= 0.3 is 5.79 Å². The second kappa shape index (κ2) is 9.53. The Balaban J connectivity index is 1.88. The van der Waals surface area contributed by atoms with Crippen LogP contribution in [-0.4, -0.2) is 21.3 Å². The quantitative estimate of drug-likeness (QED) is 0.552. The van der Waals surface area contributed by atoms with Crippen molar-refractivity contribution in [3.63, 3.8) is 0 Å². The summed E-state index contributed by atoms with van der Waals surface area (Å²) in [6.45, 7) is 5.85. The molecule has 0 amide bonds. The van der Waals surface area contributed by atoms with Gasteiger partial charge in [-0.25, -0.2) is 8.60 Å². The Hall–Kier alpha value is -2.51. The van der Waals surface area contributed by atoms with Gasteiger partial charge in [0.1, 0.15) is 35.4 Å². The van der Waals surface area contributed by atoms with E-state index >= 15 is 0 Å². The SMILES string of the molecule is CC(C)(C)[S@](=O)N=CCC(OCc1ccccc1)C1(c2cccc(F)c2)OC=CO1. The molecule has 0 radical (unpaired) electrons. The summed E-state index contributed by atoms with van der Waals surface area (Å²) in [5, 5.41) is 0. The fourth-order valence-corrected chi connectivity index (χ4v) is 3.47. The van der Waals surface area contributed by atoms with Gasteiger partial charge in [0.25, 0.3) is 0 Å². The van der Waals surface area contributed by atoms with Gasteiger partial charge in [0.05, 0.1) is 11.4 Å². The third kappa shape index (κ3) is 5.34. The number of ether oxygens (including phenoxy) is 3. The minimum atomic E-state index is -1.40. The highest BCUT2D eigenvalue weighted by Gasteiger charge is 2.47. The van der Waals surface area contributed by atoms with Gasteiger partial charge in [-0.2, -0.15) is 4.40 Å². The number of hydrogen-bond acceptors (Lipinski definition) is 4. The van der Waals surface area contributed by atoms with Gasteiger partial charge in [0.2, 0.25) is 0 Å². The van der Waals surface area contributed by atoms with Gasteiger partial charge in [-0.15, -0.1) is 0 Å². The Morgan fingerprint density at radius 3 is 2.47 bits per heavy atom. The first-order chi connectivity index (χ1) is 14.3. The summed E-state index contributed by atoms with van der Waals surface area (Å²) in [5.74, 6) is -1.78. The number of nitrogens with zero attached hydrogens (tertiary/aromatic N) is 1. The van der Waals surface area contributed by atoms with E-state index in [1.165, 1.54) is 24.7 Å². The van der Waals surface area contributed by atoms with Crippen LogP contribution in [0.2, 0.25) is 0 Å². The number of halogens is 1. The zero-order valence-electron chi connectivity index (χ0n) is 17.3. The minimum Gasteiger partial charge on any atom is -0.450 e. The molecule has 1 aliphatic rings. The third-order valence-electron chi connectivity index (χ3n) is 4.50. The maximum absolute atomic E-state index is 14.0. The maximum Gasteiger partial charge on any atom is 0.303 e. The van der Waals surface area contributed by atoms with Crippen LogP contribution in [0, 0.1) is 5.82 Å². The van der Waals surface area contributed by atoms with E-state index in [1.807, 2.05) is 51.1 Å². The molecule has 160 valence electrons. The van der Waals surface area contributed by atoms with Crippen molar-refractivity contribution in [2.24, 2.45) is 4.40 Å². The van der Waals surface area contributed by atoms with E-state index in [4.69, 9.17) is 14.2 Å². The molecule has 3 rings (SSSR count). The van der Waals surface area contributed by atoms with Crippen LogP contribution in [0.15, 0.2) is 71.5 Å². The van der Waals surface area contributed by atoms with Crippen molar-refractivity contribution < 1.29 is 22.8 Å². The molecule has 0 saturated heterocycles. The Bertz CT molecular complexity index is 916. The lowest BCUT2D eigenvalue weighted by Crippen LogP contribution is -2.43. The van der Waals surface area contributed by atoms with Gasteiger partial charge < -0.3 is 14.2 Å². The molecule has 0 bridgehead atoms. The second-order valence-electron chi connectivity index (χ2n) is 7.86. The molecule has 0 spiro atoms. The summed E-state index contributed by atoms with van der Waals surface area (Å²) in [4.78, 5) is 0. The van der Waals surface area contributed by atoms with Gasteiger partial charge in [0, 0.05) is 18.2 Å². The van der Waals surface area contributed by atoms with Crippen LogP contribution >= 0.6 is 0 Å². The summed E-state index contributed by atoms with van der Waals surface area (Å²) in [7, 11) is -1.40. The molecular formula is C23H26FNO4S. The van der Waals surface area contributed by atoms with Crippen LogP contribution in [-0.2, 0) is 37.6 Å². The molecule has 1 unspecified atom stereocenters.